The molecule has 1 fully saturated rings. The summed E-state index contributed by atoms with van der Waals surface area (Å²) in [6.45, 7) is 3.89. The molecule has 2 bridgehead atoms. The lowest BCUT2D eigenvalue weighted by Crippen LogP contribution is -2.39. The van der Waals surface area contributed by atoms with E-state index in [9.17, 15) is 4.79 Å². The van der Waals surface area contributed by atoms with Gasteiger partial charge in [0.05, 0.1) is 0 Å². The predicted octanol–water partition coefficient (Wildman–Crippen LogP) is 2.14. The summed E-state index contributed by atoms with van der Waals surface area (Å²) >= 11 is 0. The monoisotopic (exact) mass is 215 g/mol. The first kappa shape index (κ1) is 10.0. The minimum absolute atomic E-state index is 0.177. The average Bonchev–Trinajstić information content (AvgIpc) is 2.28. The molecule has 2 atom stereocenters. The zero-order chi connectivity index (χ0) is 11.1. The SMILES string of the molecule is CC(=O)c1ccc2c(c1)CC1CNCC2C1. The minimum atomic E-state index is 0.177. The van der Waals surface area contributed by atoms with Crippen LogP contribution < -0.4 is 5.32 Å². The van der Waals surface area contributed by atoms with Crippen LogP contribution in [0.1, 0.15) is 40.7 Å². The molecule has 2 nitrogen and oxygen atoms in total. The Balaban J connectivity index is 2.03. The predicted molar refractivity (Wildman–Crippen MR) is 63.9 cm³/mol. The summed E-state index contributed by atoms with van der Waals surface area (Å²) in [5.74, 6) is 1.62. The van der Waals surface area contributed by atoms with Crippen molar-refractivity contribution in [2.24, 2.45) is 5.92 Å². The first-order chi connectivity index (χ1) is 7.74. The van der Waals surface area contributed by atoms with Crippen molar-refractivity contribution in [2.45, 2.75) is 25.7 Å². The van der Waals surface area contributed by atoms with E-state index in [4.69, 9.17) is 0 Å². The molecule has 1 aromatic carbocycles. The molecular formula is C14H17NO. The van der Waals surface area contributed by atoms with Crippen molar-refractivity contribution in [1.82, 2.24) is 5.32 Å². The molecule has 1 aliphatic carbocycles. The molecule has 1 N–H and O–H groups in total. The molecule has 1 heterocycles. The maximum absolute atomic E-state index is 11.4. The molecule has 2 unspecified atom stereocenters. The van der Waals surface area contributed by atoms with Gasteiger partial charge in [0.15, 0.2) is 5.78 Å². The second kappa shape index (κ2) is 3.70. The van der Waals surface area contributed by atoms with Gasteiger partial charge in [-0.3, -0.25) is 4.79 Å². The van der Waals surface area contributed by atoms with E-state index in [1.54, 1.807) is 6.92 Å². The lowest BCUT2D eigenvalue weighted by Gasteiger charge is -2.36. The van der Waals surface area contributed by atoms with Crippen molar-refractivity contribution < 1.29 is 4.79 Å². The number of hydrogen-bond donors (Lipinski definition) is 1. The Morgan fingerprint density at radius 1 is 1.38 bits per heavy atom. The highest BCUT2D eigenvalue weighted by Crippen LogP contribution is 2.36. The molecule has 0 radical (unpaired) electrons. The number of benzene rings is 1. The Labute approximate surface area is 96.1 Å². The van der Waals surface area contributed by atoms with E-state index in [-0.39, 0.29) is 5.78 Å². The summed E-state index contributed by atoms with van der Waals surface area (Å²) in [6, 6.07) is 6.26. The molecule has 1 aromatic rings. The van der Waals surface area contributed by atoms with Crippen molar-refractivity contribution in [1.29, 1.82) is 0 Å². The van der Waals surface area contributed by atoms with Crippen molar-refractivity contribution in [3.63, 3.8) is 0 Å². The normalized spacial score (nSPS) is 27.3. The third-order valence-electron chi connectivity index (χ3n) is 3.94. The van der Waals surface area contributed by atoms with Crippen molar-refractivity contribution in [3.05, 3.63) is 34.9 Å². The standard InChI is InChI=1S/C14H17NO/c1-9(16)11-2-3-14-12(6-11)4-10-5-13(14)8-15-7-10/h2-3,6,10,13,15H,4-5,7-8H2,1H3. The van der Waals surface area contributed by atoms with E-state index >= 15 is 0 Å². The summed E-state index contributed by atoms with van der Waals surface area (Å²) in [5, 5.41) is 3.50. The minimum Gasteiger partial charge on any atom is -0.316 e. The highest BCUT2D eigenvalue weighted by molar-refractivity contribution is 5.94. The molecule has 0 spiro atoms. The Morgan fingerprint density at radius 3 is 3.06 bits per heavy atom. The summed E-state index contributed by atoms with van der Waals surface area (Å²) in [7, 11) is 0. The van der Waals surface area contributed by atoms with E-state index in [2.05, 4.69) is 17.4 Å². The zero-order valence-electron chi connectivity index (χ0n) is 9.62. The highest BCUT2D eigenvalue weighted by Gasteiger charge is 2.30. The van der Waals surface area contributed by atoms with Crippen LogP contribution in [0.3, 0.4) is 0 Å². The maximum atomic E-state index is 11.4. The molecule has 0 aromatic heterocycles. The van der Waals surface area contributed by atoms with Crippen LogP contribution in [-0.4, -0.2) is 18.9 Å². The molecular weight excluding hydrogens is 198 g/mol. The number of hydrogen-bond acceptors (Lipinski definition) is 2. The van der Waals surface area contributed by atoms with Gasteiger partial charge in [-0.2, -0.15) is 0 Å². The van der Waals surface area contributed by atoms with Crippen LogP contribution in [0.15, 0.2) is 18.2 Å². The molecule has 0 saturated carbocycles. The van der Waals surface area contributed by atoms with E-state index in [1.807, 2.05) is 6.07 Å². The largest absolute Gasteiger partial charge is 0.316 e. The Bertz CT molecular complexity index is 438. The van der Waals surface area contributed by atoms with Crippen LogP contribution in [-0.2, 0) is 6.42 Å². The van der Waals surface area contributed by atoms with Gasteiger partial charge in [-0.05, 0) is 55.3 Å². The number of fused-ring (bicyclic) bond motifs is 4. The number of ketones is 1. The lowest BCUT2D eigenvalue weighted by molar-refractivity contribution is 0.101. The highest BCUT2D eigenvalue weighted by atomic mass is 16.1. The van der Waals surface area contributed by atoms with Gasteiger partial charge < -0.3 is 5.32 Å². The van der Waals surface area contributed by atoms with Crippen molar-refractivity contribution >= 4 is 5.78 Å². The molecule has 16 heavy (non-hydrogen) atoms. The van der Waals surface area contributed by atoms with Crippen LogP contribution in [0, 0.1) is 5.92 Å². The fraction of sp³-hybridized carbons (Fsp3) is 0.500. The fourth-order valence-electron chi connectivity index (χ4n) is 3.13. The van der Waals surface area contributed by atoms with Crippen LogP contribution in [0.2, 0.25) is 0 Å². The second-order valence-electron chi connectivity index (χ2n) is 5.13. The fourth-order valence-corrected chi connectivity index (χ4v) is 3.13. The molecule has 84 valence electrons. The second-order valence-corrected chi connectivity index (χ2v) is 5.13. The smallest absolute Gasteiger partial charge is 0.159 e. The molecule has 2 aliphatic rings. The van der Waals surface area contributed by atoms with Gasteiger partial charge in [0.2, 0.25) is 0 Å². The number of piperidine rings is 1. The maximum Gasteiger partial charge on any atom is 0.159 e. The Morgan fingerprint density at radius 2 is 2.25 bits per heavy atom. The Hall–Kier alpha value is -1.15. The van der Waals surface area contributed by atoms with Gasteiger partial charge in [-0.1, -0.05) is 12.1 Å². The molecule has 2 heteroatoms. The van der Waals surface area contributed by atoms with E-state index in [1.165, 1.54) is 17.5 Å². The summed E-state index contributed by atoms with van der Waals surface area (Å²) in [6.07, 6.45) is 2.46. The average molecular weight is 215 g/mol. The van der Waals surface area contributed by atoms with Crippen LogP contribution >= 0.6 is 0 Å². The number of Topliss-reactive ketones (excluding diaryl/α,β-unsaturated/α-hetero) is 1. The van der Waals surface area contributed by atoms with Crippen LogP contribution in [0.4, 0.5) is 0 Å². The topological polar surface area (TPSA) is 29.1 Å². The third kappa shape index (κ3) is 1.57. The lowest BCUT2D eigenvalue weighted by atomic mass is 9.74. The van der Waals surface area contributed by atoms with Gasteiger partial charge in [0.25, 0.3) is 0 Å². The van der Waals surface area contributed by atoms with Crippen LogP contribution in [0.25, 0.3) is 0 Å². The van der Waals surface area contributed by atoms with Gasteiger partial charge >= 0.3 is 0 Å². The van der Waals surface area contributed by atoms with E-state index < -0.39 is 0 Å². The molecule has 1 saturated heterocycles. The first-order valence-electron chi connectivity index (χ1n) is 6.08. The summed E-state index contributed by atoms with van der Waals surface area (Å²) in [5.41, 5.74) is 3.75. The number of rotatable bonds is 1. The molecule has 1 aliphatic heterocycles. The van der Waals surface area contributed by atoms with Gasteiger partial charge in [-0.15, -0.1) is 0 Å². The number of nitrogens with one attached hydrogen (secondary N) is 1. The molecule has 0 amide bonds. The molecule has 3 rings (SSSR count). The Kier molecular flexibility index (Phi) is 2.32. The van der Waals surface area contributed by atoms with Gasteiger partial charge in [0.1, 0.15) is 0 Å². The zero-order valence-corrected chi connectivity index (χ0v) is 9.62. The number of carbonyl (C=O) groups excluding carboxylic acids is 1. The van der Waals surface area contributed by atoms with E-state index in [0.717, 1.165) is 31.0 Å². The summed E-state index contributed by atoms with van der Waals surface area (Å²) in [4.78, 5) is 11.4. The first-order valence-corrected chi connectivity index (χ1v) is 6.08. The third-order valence-corrected chi connectivity index (χ3v) is 3.94. The van der Waals surface area contributed by atoms with Crippen LogP contribution in [0.5, 0.6) is 0 Å². The van der Waals surface area contributed by atoms with Crippen molar-refractivity contribution in [3.8, 4) is 0 Å². The number of carbonyl (C=O) groups is 1. The quantitative estimate of drug-likeness (QED) is 0.727. The van der Waals surface area contributed by atoms with E-state index in [0.29, 0.717) is 5.92 Å². The van der Waals surface area contributed by atoms with Gasteiger partial charge in [-0.25, -0.2) is 0 Å². The van der Waals surface area contributed by atoms with Gasteiger partial charge in [0, 0.05) is 12.1 Å². The summed E-state index contributed by atoms with van der Waals surface area (Å²) < 4.78 is 0. The van der Waals surface area contributed by atoms with Crippen molar-refractivity contribution in [2.75, 3.05) is 13.1 Å².